The lowest BCUT2D eigenvalue weighted by Gasteiger charge is -2.16. The van der Waals surface area contributed by atoms with E-state index in [1.165, 1.54) is 29.5 Å². The minimum absolute atomic E-state index is 0.255. The third-order valence-corrected chi connectivity index (χ3v) is 4.95. The Morgan fingerprint density at radius 3 is 2.64 bits per heavy atom. The summed E-state index contributed by atoms with van der Waals surface area (Å²) >= 11 is 0. The summed E-state index contributed by atoms with van der Waals surface area (Å²) in [6, 6.07) is 12.9. The monoisotopic (exact) mass is 336 g/mol. The van der Waals surface area contributed by atoms with E-state index in [-0.39, 0.29) is 5.41 Å². The molecule has 0 radical (unpaired) electrons. The quantitative estimate of drug-likeness (QED) is 0.603. The van der Waals surface area contributed by atoms with Crippen molar-refractivity contribution in [1.29, 1.82) is 0 Å². The molecule has 0 unspecified atom stereocenters. The van der Waals surface area contributed by atoms with Crippen molar-refractivity contribution in [2.75, 3.05) is 19.6 Å². The lowest BCUT2D eigenvalue weighted by Crippen LogP contribution is -2.39. The van der Waals surface area contributed by atoms with Crippen LogP contribution in [0.4, 0.5) is 0 Å². The first-order chi connectivity index (χ1) is 12.2. The maximum Gasteiger partial charge on any atom is 0.191 e. The molecule has 3 rings (SSSR count). The molecule has 1 aliphatic carbocycles. The molecule has 0 spiro atoms. The molecule has 25 heavy (non-hydrogen) atoms. The van der Waals surface area contributed by atoms with Gasteiger partial charge in [0.25, 0.3) is 0 Å². The van der Waals surface area contributed by atoms with Gasteiger partial charge in [0, 0.05) is 30.9 Å². The molecule has 1 aromatic heterocycles. The van der Waals surface area contributed by atoms with Crippen molar-refractivity contribution in [3.05, 3.63) is 65.5 Å². The number of aliphatic imine (C=N–C) groups is 1. The van der Waals surface area contributed by atoms with Crippen LogP contribution in [0.5, 0.6) is 0 Å². The summed E-state index contributed by atoms with van der Waals surface area (Å²) in [6.45, 7) is 6.81. The fourth-order valence-corrected chi connectivity index (χ4v) is 3.15. The third-order valence-electron chi connectivity index (χ3n) is 4.95. The average molecular weight is 336 g/mol. The van der Waals surface area contributed by atoms with Gasteiger partial charge in [-0.05, 0) is 55.9 Å². The van der Waals surface area contributed by atoms with E-state index in [0.717, 1.165) is 32.0 Å². The van der Waals surface area contributed by atoms with Gasteiger partial charge in [-0.2, -0.15) is 0 Å². The molecule has 1 heterocycles. The van der Waals surface area contributed by atoms with E-state index >= 15 is 0 Å². The highest BCUT2D eigenvalue weighted by Gasteiger charge is 2.43. The van der Waals surface area contributed by atoms with Crippen LogP contribution in [-0.4, -0.2) is 30.6 Å². The van der Waals surface area contributed by atoms with Crippen LogP contribution in [0, 0.1) is 6.92 Å². The summed E-state index contributed by atoms with van der Waals surface area (Å²) in [6.07, 6.45) is 7.22. The summed E-state index contributed by atoms with van der Waals surface area (Å²) in [5.74, 6) is 0.913. The molecule has 0 saturated heterocycles. The topological polar surface area (TPSA) is 49.3 Å². The number of aromatic nitrogens is 1. The second-order valence-corrected chi connectivity index (χ2v) is 6.82. The number of hydrogen-bond donors (Lipinski definition) is 2. The zero-order chi connectivity index (χ0) is 17.5. The molecule has 0 atom stereocenters. The van der Waals surface area contributed by atoms with Crippen molar-refractivity contribution in [3.63, 3.8) is 0 Å². The van der Waals surface area contributed by atoms with Crippen LogP contribution in [0.2, 0.25) is 0 Å². The van der Waals surface area contributed by atoms with Crippen molar-refractivity contribution in [2.24, 2.45) is 4.99 Å². The Morgan fingerprint density at radius 1 is 1.16 bits per heavy atom. The first-order valence-electron chi connectivity index (χ1n) is 9.21. The highest BCUT2D eigenvalue weighted by atomic mass is 15.2. The summed E-state index contributed by atoms with van der Waals surface area (Å²) < 4.78 is 0. The lowest BCUT2D eigenvalue weighted by molar-refractivity contribution is 0.692. The second kappa shape index (κ2) is 8.15. The number of nitrogens with one attached hydrogen (secondary N) is 2. The Balaban J connectivity index is 1.57. The minimum Gasteiger partial charge on any atom is -0.357 e. The van der Waals surface area contributed by atoms with Gasteiger partial charge in [0.05, 0.1) is 6.54 Å². The molecule has 2 aromatic rings. The third kappa shape index (κ3) is 4.59. The predicted octanol–water partition coefficient (Wildman–Crippen LogP) is 3.22. The van der Waals surface area contributed by atoms with Crippen LogP contribution in [0.1, 0.15) is 36.5 Å². The van der Waals surface area contributed by atoms with Crippen molar-refractivity contribution in [3.8, 4) is 0 Å². The van der Waals surface area contributed by atoms with Crippen molar-refractivity contribution < 1.29 is 0 Å². The minimum atomic E-state index is 0.255. The van der Waals surface area contributed by atoms with E-state index in [9.17, 15) is 0 Å². The first-order valence-corrected chi connectivity index (χ1v) is 9.21. The zero-order valence-electron chi connectivity index (χ0n) is 15.3. The van der Waals surface area contributed by atoms with Crippen LogP contribution in [-0.2, 0) is 11.8 Å². The smallest absolute Gasteiger partial charge is 0.191 e. The van der Waals surface area contributed by atoms with Crippen molar-refractivity contribution in [1.82, 2.24) is 15.6 Å². The fraction of sp³-hybridized carbons (Fsp3) is 0.429. The molecule has 4 nitrogen and oxygen atoms in total. The van der Waals surface area contributed by atoms with Gasteiger partial charge in [0.2, 0.25) is 0 Å². The summed E-state index contributed by atoms with van der Waals surface area (Å²) in [7, 11) is 0. The van der Waals surface area contributed by atoms with Gasteiger partial charge < -0.3 is 10.6 Å². The zero-order valence-corrected chi connectivity index (χ0v) is 15.3. The number of pyridine rings is 1. The molecule has 0 aliphatic heterocycles. The van der Waals surface area contributed by atoms with Gasteiger partial charge in [-0.1, -0.05) is 30.3 Å². The second-order valence-electron chi connectivity index (χ2n) is 6.82. The fourth-order valence-electron chi connectivity index (χ4n) is 3.15. The van der Waals surface area contributed by atoms with Crippen LogP contribution in [0.25, 0.3) is 0 Å². The number of aryl methyl sites for hydroxylation is 1. The van der Waals surface area contributed by atoms with Crippen LogP contribution in [0.3, 0.4) is 0 Å². The van der Waals surface area contributed by atoms with Gasteiger partial charge in [-0.15, -0.1) is 0 Å². The van der Waals surface area contributed by atoms with E-state index in [1.54, 1.807) is 0 Å². The molecular weight excluding hydrogens is 308 g/mol. The number of rotatable bonds is 7. The first kappa shape index (κ1) is 17.5. The average Bonchev–Trinajstić information content (AvgIpc) is 3.43. The predicted molar refractivity (Wildman–Crippen MR) is 104 cm³/mol. The summed E-state index contributed by atoms with van der Waals surface area (Å²) in [5.41, 5.74) is 4.25. The highest BCUT2D eigenvalue weighted by Crippen LogP contribution is 2.48. The van der Waals surface area contributed by atoms with Gasteiger partial charge in [0.1, 0.15) is 0 Å². The van der Waals surface area contributed by atoms with E-state index in [4.69, 9.17) is 4.99 Å². The van der Waals surface area contributed by atoms with Crippen LogP contribution >= 0.6 is 0 Å². The summed E-state index contributed by atoms with van der Waals surface area (Å²) in [5, 5.41) is 6.83. The van der Waals surface area contributed by atoms with Crippen molar-refractivity contribution in [2.45, 2.75) is 38.5 Å². The molecule has 1 aliphatic rings. The van der Waals surface area contributed by atoms with Gasteiger partial charge in [-0.25, -0.2) is 0 Å². The normalized spacial score (nSPS) is 15.7. The summed E-state index contributed by atoms with van der Waals surface area (Å²) in [4.78, 5) is 9.01. The highest BCUT2D eigenvalue weighted by molar-refractivity contribution is 5.79. The molecule has 1 saturated carbocycles. The number of guanidine groups is 1. The molecule has 132 valence electrons. The maximum atomic E-state index is 4.86. The number of hydrogen-bond acceptors (Lipinski definition) is 2. The van der Waals surface area contributed by atoms with E-state index in [2.05, 4.69) is 65.9 Å². The van der Waals surface area contributed by atoms with Gasteiger partial charge >= 0.3 is 0 Å². The molecule has 1 fully saturated rings. The standard InChI is InChI=1S/C21H28N4/c1-3-23-20(24-14-10-18-9-13-22-15-17(18)2)25-16-21(11-12-21)19-7-5-4-6-8-19/h4-9,13,15H,3,10-12,14,16H2,1-2H3,(H2,23,24,25). The van der Waals surface area contributed by atoms with Gasteiger partial charge in [-0.3, -0.25) is 9.98 Å². The van der Waals surface area contributed by atoms with E-state index < -0.39 is 0 Å². The number of nitrogens with zero attached hydrogens (tertiary/aromatic N) is 2. The molecule has 0 bridgehead atoms. The lowest BCUT2D eigenvalue weighted by atomic mass is 9.96. The van der Waals surface area contributed by atoms with Crippen LogP contribution in [0.15, 0.2) is 53.8 Å². The largest absolute Gasteiger partial charge is 0.357 e. The molecular formula is C21H28N4. The van der Waals surface area contributed by atoms with Crippen LogP contribution < -0.4 is 10.6 Å². The Bertz CT molecular complexity index is 705. The molecule has 2 N–H and O–H groups in total. The maximum absolute atomic E-state index is 4.86. The molecule has 0 amide bonds. The van der Waals surface area contributed by atoms with E-state index in [1.807, 2.05) is 12.4 Å². The van der Waals surface area contributed by atoms with E-state index in [0.29, 0.717) is 0 Å². The number of benzene rings is 1. The Labute approximate surface area is 150 Å². The Kier molecular flexibility index (Phi) is 5.69. The Morgan fingerprint density at radius 2 is 1.96 bits per heavy atom. The van der Waals surface area contributed by atoms with Crippen molar-refractivity contribution >= 4 is 5.96 Å². The van der Waals surface area contributed by atoms with Gasteiger partial charge in [0.15, 0.2) is 5.96 Å². The Hall–Kier alpha value is -2.36. The SMILES string of the molecule is CCNC(=NCC1(c2ccccc2)CC1)NCCc1ccncc1C. The molecule has 1 aromatic carbocycles. The molecule has 4 heteroatoms.